The first-order chi connectivity index (χ1) is 48.8. The number of carbonyl (C=O) groups excluding carboxylic acids is 3. The van der Waals surface area contributed by atoms with Crippen molar-refractivity contribution in [2.75, 3.05) is 79.8 Å². The normalized spacial score (nSPS) is 28.6. The number of ether oxygens (including phenoxy) is 6. The molecule has 22 atom stereocenters. The molecule has 17 N–H and O–H groups in total. The first kappa shape index (κ1) is 95.4. The molecular formula is C61H119N3O35P4. The molecule has 38 nitrogen and oxygen atoms in total. The van der Waals surface area contributed by atoms with Gasteiger partial charge in [0.05, 0.1) is 71.2 Å². The van der Waals surface area contributed by atoms with Gasteiger partial charge in [-0.3, -0.25) is 50.6 Å². The molecule has 0 aliphatic carbocycles. The van der Waals surface area contributed by atoms with Crippen molar-refractivity contribution in [3.63, 3.8) is 0 Å². The highest BCUT2D eigenvalue weighted by molar-refractivity contribution is 7.48. The van der Waals surface area contributed by atoms with Crippen molar-refractivity contribution in [1.29, 1.82) is 0 Å². The molecule has 0 aromatic carbocycles. The number of phosphoric acid groups is 4. The van der Waals surface area contributed by atoms with E-state index >= 15 is 0 Å². The number of aliphatic hydroxyl groups is 10. The lowest BCUT2D eigenvalue weighted by Gasteiger charge is -2.42. The van der Waals surface area contributed by atoms with E-state index in [-0.39, 0.29) is 58.7 Å². The van der Waals surface area contributed by atoms with Gasteiger partial charge in [-0.05, 0) is 51.4 Å². The maximum absolute atomic E-state index is 13.8. The van der Waals surface area contributed by atoms with Crippen molar-refractivity contribution in [2.45, 2.75) is 292 Å². The smallest absolute Gasteiger partial charge is 0.394 e. The van der Waals surface area contributed by atoms with Crippen LogP contribution in [0.4, 0.5) is 0 Å². The third-order valence-corrected chi connectivity index (χ3v) is 21.2. The highest BCUT2D eigenvalue weighted by atomic mass is 31.2. The zero-order valence-electron chi connectivity index (χ0n) is 59.5. The molecule has 3 rings (SSSR count). The van der Waals surface area contributed by atoms with Crippen LogP contribution in [-0.4, -0.2) is 278 Å². The summed E-state index contributed by atoms with van der Waals surface area (Å²) >= 11 is 0. The van der Waals surface area contributed by atoms with Crippen LogP contribution in [0.1, 0.15) is 181 Å². The molecule has 22 unspecified atom stereocenters. The minimum atomic E-state index is -5.19. The summed E-state index contributed by atoms with van der Waals surface area (Å²) in [6.45, 7) is -0.328. The monoisotopic (exact) mass is 1580 g/mol. The van der Waals surface area contributed by atoms with Crippen LogP contribution in [0.2, 0.25) is 0 Å². The van der Waals surface area contributed by atoms with Crippen LogP contribution < -0.4 is 16.0 Å². The second-order valence-electron chi connectivity index (χ2n) is 25.7. The van der Waals surface area contributed by atoms with E-state index in [0.717, 1.165) is 13.5 Å². The zero-order valence-corrected chi connectivity index (χ0v) is 63.0. The van der Waals surface area contributed by atoms with Crippen LogP contribution in [0, 0.1) is 0 Å². The molecule has 3 amide bonds. The summed E-state index contributed by atoms with van der Waals surface area (Å²) in [7, 11) is -18.2. The number of unbranched alkanes of at least 4 members (excludes halogenated alkanes) is 18. The molecule has 3 aliphatic heterocycles. The molecule has 3 heterocycles. The number of rotatable bonds is 59. The van der Waals surface area contributed by atoms with Crippen LogP contribution >= 0.6 is 31.3 Å². The average Bonchev–Trinajstić information content (AvgIpc) is 0.821. The van der Waals surface area contributed by atoms with E-state index in [1.165, 1.54) is 20.8 Å². The Labute approximate surface area is 602 Å². The van der Waals surface area contributed by atoms with E-state index in [1.807, 2.05) is 0 Å². The maximum Gasteiger partial charge on any atom is 0.472 e. The molecule has 0 aromatic rings. The predicted molar refractivity (Wildman–Crippen MR) is 361 cm³/mol. The van der Waals surface area contributed by atoms with Crippen molar-refractivity contribution >= 4 is 49.0 Å². The van der Waals surface area contributed by atoms with E-state index < -0.39 is 199 Å². The fraction of sp³-hybridized carbons (Fsp3) is 0.951. The summed E-state index contributed by atoms with van der Waals surface area (Å²) in [4.78, 5) is 77.8. The number of phosphoric ester groups is 4. The molecule has 0 spiro atoms. The van der Waals surface area contributed by atoms with Crippen LogP contribution in [0.3, 0.4) is 0 Å². The Bertz CT molecular complexity index is 2530. The third-order valence-electron chi connectivity index (χ3n) is 17.0. The Morgan fingerprint density at radius 3 is 0.893 bits per heavy atom. The molecule has 103 heavy (non-hydrogen) atoms. The van der Waals surface area contributed by atoms with E-state index in [1.54, 1.807) is 0 Å². The molecule has 42 heteroatoms. The third kappa shape index (κ3) is 39.1. The van der Waals surface area contributed by atoms with Crippen LogP contribution in [0.5, 0.6) is 0 Å². The Balaban J connectivity index is 1.63. The molecule has 0 aromatic heterocycles. The molecule has 3 aliphatic rings. The van der Waals surface area contributed by atoms with Crippen molar-refractivity contribution in [2.24, 2.45) is 0 Å². The van der Waals surface area contributed by atoms with Gasteiger partial charge in [-0.25, -0.2) is 18.3 Å². The fourth-order valence-electron chi connectivity index (χ4n) is 11.5. The first-order valence-corrected chi connectivity index (χ1v) is 41.4. The van der Waals surface area contributed by atoms with Crippen molar-refractivity contribution in [3.8, 4) is 0 Å². The van der Waals surface area contributed by atoms with Gasteiger partial charge in [0.15, 0.2) is 18.9 Å². The molecule has 608 valence electrons. The van der Waals surface area contributed by atoms with Gasteiger partial charge in [0, 0.05) is 47.7 Å². The minimum Gasteiger partial charge on any atom is -0.394 e. The van der Waals surface area contributed by atoms with Crippen molar-refractivity contribution in [1.82, 2.24) is 16.0 Å². The summed E-state index contributed by atoms with van der Waals surface area (Å²) in [5.74, 6) is -1.50. The highest BCUT2D eigenvalue weighted by Crippen LogP contribution is 2.51. The Kier molecular flexibility index (Phi) is 47.8. The number of hydrogen-bond donors (Lipinski definition) is 17. The number of amides is 3. The SMILES string of the molecule is COP(=O)(O)OCCCCCCOP(=O)(O)OC(CCCCCCCCOC1OC(CO)C(O)C(O)C1NC(C)=O)COP(=O)(O)OC(CCCCCCCCOC1OC(CO)C(O)C(O)C1NC(C)=O)COP(=O)(O)OC(CO)CCCCCCCCOC1OC(CO)C(O)C(O)C1NC(C)=O. The van der Waals surface area contributed by atoms with Gasteiger partial charge in [0.2, 0.25) is 17.7 Å². The van der Waals surface area contributed by atoms with Gasteiger partial charge in [0.1, 0.15) is 73.1 Å². The molecule has 0 radical (unpaired) electrons. The average molecular weight is 1580 g/mol. The Morgan fingerprint density at radius 1 is 0.359 bits per heavy atom. The standard InChI is InChI=1S/C61H119N3O35P4/c1-41(69)62-50-56(75)53(72)47(36-66)94-59(50)87-30-22-14-8-5-11-19-27-44(35-65)97-102(82,83)92-40-46(29-21-13-7-10-16-24-32-89-61-52(64-43(3)71)58(77)55(74)49(38-68)96-61)99-103(84,85)93-39-45(98-101(80,81)91-34-26-18-17-25-33-90-100(78,79)86-4)28-20-12-6-9-15-23-31-88-60-51(63-42(2)70)57(76)54(73)48(37-67)95-60/h44-61,65-68,72-77H,5-40H2,1-4H3,(H,62,69)(H,63,70)(H,64,71)(H,78,79)(H,80,81)(H,82,83)(H,84,85). The lowest BCUT2D eigenvalue weighted by Crippen LogP contribution is -2.64. The van der Waals surface area contributed by atoms with Crippen LogP contribution in [0.15, 0.2) is 0 Å². The predicted octanol–water partition coefficient (Wildman–Crippen LogP) is 1.88. The summed E-state index contributed by atoms with van der Waals surface area (Å²) in [5.41, 5.74) is 0. The van der Waals surface area contributed by atoms with Crippen LogP contribution in [0.25, 0.3) is 0 Å². The minimum absolute atomic E-state index is 0.000427. The van der Waals surface area contributed by atoms with Crippen molar-refractivity contribution in [3.05, 3.63) is 0 Å². The molecular weight excluding hydrogens is 1460 g/mol. The lowest BCUT2D eigenvalue weighted by molar-refractivity contribution is -0.270. The molecule has 0 bridgehead atoms. The largest absolute Gasteiger partial charge is 0.472 e. The number of carbonyl (C=O) groups is 3. The van der Waals surface area contributed by atoms with E-state index in [0.29, 0.717) is 128 Å². The first-order valence-electron chi connectivity index (χ1n) is 35.5. The number of aliphatic hydroxyl groups excluding tert-OH is 10. The van der Waals surface area contributed by atoms with Crippen molar-refractivity contribution < 1.29 is 168 Å². The lowest BCUT2D eigenvalue weighted by atomic mass is 9.97. The van der Waals surface area contributed by atoms with Crippen LogP contribution in [-0.2, 0) is 97.3 Å². The van der Waals surface area contributed by atoms with E-state index in [4.69, 9.17) is 60.1 Å². The van der Waals surface area contributed by atoms with Gasteiger partial charge in [0.25, 0.3) is 0 Å². The van der Waals surface area contributed by atoms with Gasteiger partial charge >= 0.3 is 31.3 Å². The summed E-state index contributed by atoms with van der Waals surface area (Å²) in [5, 5.41) is 109. The summed E-state index contributed by atoms with van der Waals surface area (Å²) in [6.07, 6.45) is -7.70. The summed E-state index contributed by atoms with van der Waals surface area (Å²) in [6, 6.07) is -3.29. The van der Waals surface area contributed by atoms with Gasteiger partial charge < -0.3 is 115 Å². The summed E-state index contributed by atoms with van der Waals surface area (Å²) < 4.78 is 128. The second-order valence-corrected chi connectivity index (χ2v) is 31.5. The topological polar surface area (TPSA) is 568 Å². The molecule has 0 saturated carbocycles. The Hall–Kier alpha value is -1.79. The Morgan fingerprint density at radius 2 is 0.612 bits per heavy atom. The second kappa shape index (κ2) is 51.6. The van der Waals surface area contributed by atoms with Gasteiger partial charge in [-0.15, -0.1) is 0 Å². The maximum atomic E-state index is 13.8. The van der Waals surface area contributed by atoms with E-state index in [9.17, 15) is 103 Å². The number of nitrogens with one attached hydrogen (secondary N) is 3. The number of hydrogen-bond acceptors (Lipinski definition) is 31. The zero-order chi connectivity index (χ0) is 76.6. The van der Waals surface area contributed by atoms with Gasteiger partial charge in [-0.2, -0.15) is 0 Å². The quantitative estimate of drug-likeness (QED) is 0.0305. The van der Waals surface area contributed by atoms with E-state index in [2.05, 4.69) is 20.5 Å². The van der Waals surface area contributed by atoms with Gasteiger partial charge in [-0.1, -0.05) is 109 Å². The highest BCUT2D eigenvalue weighted by Gasteiger charge is 2.48. The molecule has 3 fully saturated rings. The molecule has 3 saturated heterocycles. The fourth-order valence-corrected chi connectivity index (χ4v) is 14.8.